The van der Waals surface area contributed by atoms with Crippen LogP contribution in [0.2, 0.25) is 0 Å². The molecule has 5 nitrogen and oxygen atoms in total. The van der Waals surface area contributed by atoms with Gasteiger partial charge in [-0.3, -0.25) is 4.79 Å². The predicted molar refractivity (Wildman–Crippen MR) is 70.0 cm³/mol. The molecule has 0 fully saturated rings. The number of aliphatic hydroxyl groups excluding tert-OH is 2. The van der Waals surface area contributed by atoms with Gasteiger partial charge in [-0.05, 0) is 24.1 Å². The van der Waals surface area contributed by atoms with Gasteiger partial charge in [0.1, 0.15) is 11.9 Å². The molecule has 0 aliphatic heterocycles. The molecule has 0 heterocycles. The van der Waals surface area contributed by atoms with Crippen molar-refractivity contribution in [3.8, 4) is 6.07 Å². The van der Waals surface area contributed by atoms with Gasteiger partial charge >= 0.3 is 0 Å². The minimum absolute atomic E-state index is 0.103. The van der Waals surface area contributed by atoms with E-state index in [0.29, 0.717) is 5.56 Å². The highest BCUT2D eigenvalue weighted by Crippen LogP contribution is 2.21. The van der Waals surface area contributed by atoms with Gasteiger partial charge in [0, 0.05) is 19.0 Å². The van der Waals surface area contributed by atoms with Crippen LogP contribution in [-0.2, 0) is 11.2 Å². The first kappa shape index (κ1) is 16.1. The Balaban J connectivity index is 2.71. The third-order valence-corrected chi connectivity index (χ3v) is 2.86. The van der Waals surface area contributed by atoms with Crippen LogP contribution in [0.4, 0.5) is 4.39 Å². The zero-order chi connectivity index (χ0) is 15.1. The Morgan fingerprint density at radius 1 is 1.50 bits per heavy atom. The normalized spacial score (nSPS) is 13.3. The Hall–Kier alpha value is -1.97. The number of aliphatic hydroxyl groups is 2. The molecule has 0 bridgehead atoms. The Kier molecular flexibility index (Phi) is 6.10. The van der Waals surface area contributed by atoms with Gasteiger partial charge in [0.15, 0.2) is 0 Å². The molecule has 1 amide bonds. The summed E-state index contributed by atoms with van der Waals surface area (Å²) in [6.07, 6.45) is -2.20. The standard InChI is InChI=1S/C14H17FN2O3/c1-9(18)17-7-5-13(19)14(20)11-2-3-12(15)10(8-11)4-6-16/h2-3,8,13-14,19-20H,4-5,7H2,1H3,(H,17,18). The number of carbonyl (C=O) groups excluding carboxylic acids is 1. The van der Waals surface area contributed by atoms with Crippen molar-refractivity contribution in [1.29, 1.82) is 5.26 Å². The van der Waals surface area contributed by atoms with E-state index in [0.717, 1.165) is 6.07 Å². The number of halogens is 1. The molecule has 0 saturated carbocycles. The van der Waals surface area contributed by atoms with Gasteiger partial charge in [0.05, 0.1) is 18.6 Å². The van der Waals surface area contributed by atoms with E-state index < -0.39 is 18.0 Å². The van der Waals surface area contributed by atoms with E-state index in [2.05, 4.69) is 5.32 Å². The zero-order valence-electron chi connectivity index (χ0n) is 11.1. The van der Waals surface area contributed by atoms with Crippen LogP contribution < -0.4 is 5.32 Å². The fourth-order valence-electron chi connectivity index (χ4n) is 1.78. The molecule has 1 aromatic rings. The molecule has 2 unspecified atom stereocenters. The van der Waals surface area contributed by atoms with Gasteiger partial charge < -0.3 is 15.5 Å². The first-order chi connectivity index (χ1) is 9.45. The van der Waals surface area contributed by atoms with Crippen molar-refractivity contribution in [3.05, 3.63) is 35.1 Å². The molecule has 1 aromatic carbocycles. The number of hydrogen-bond donors (Lipinski definition) is 3. The number of carbonyl (C=O) groups is 1. The van der Waals surface area contributed by atoms with Crippen molar-refractivity contribution in [2.24, 2.45) is 0 Å². The van der Waals surface area contributed by atoms with Crippen molar-refractivity contribution in [3.63, 3.8) is 0 Å². The molecular weight excluding hydrogens is 263 g/mol. The fraction of sp³-hybridized carbons (Fsp3) is 0.429. The summed E-state index contributed by atoms with van der Waals surface area (Å²) < 4.78 is 13.4. The first-order valence-electron chi connectivity index (χ1n) is 6.21. The molecule has 0 spiro atoms. The van der Waals surface area contributed by atoms with Crippen molar-refractivity contribution >= 4 is 5.91 Å². The van der Waals surface area contributed by atoms with E-state index >= 15 is 0 Å². The Labute approximate surface area is 116 Å². The van der Waals surface area contributed by atoms with E-state index in [1.54, 1.807) is 0 Å². The quantitative estimate of drug-likeness (QED) is 0.719. The Bertz CT molecular complexity index is 514. The van der Waals surface area contributed by atoms with Gasteiger partial charge in [0.2, 0.25) is 5.91 Å². The van der Waals surface area contributed by atoms with Crippen molar-refractivity contribution in [2.75, 3.05) is 6.54 Å². The largest absolute Gasteiger partial charge is 0.390 e. The second kappa shape index (κ2) is 7.58. The van der Waals surface area contributed by atoms with Crippen molar-refractivity contribution < 1.29 is 19.4 Å². The maximum Gasteiger partial charge on any atom is 0.216 e. The lowest BCUT2D eigenvalue weighted by atomic mass is 9.99. The third kappa shape index (κ3) is 4.61. The minimum Gasteiger partial charge on any atom is -0.390 e. The molecule has 20 heavy (non-hydrogen) atoms. The first-order valence-corrected chi connectivity index (χ1v) is 6.21. The van der Waals surface area contributed by atoms with Crippen LogP contribution >= 0.6 is 0 Å². The van der Waals surface area contributed by atoms with E-state index in [4.69, 9.17) is 5.26 Å². The van der Waals surface area contributed by atoms with Crippen LogP contribution in [0.5, 0.6) is 0 Å². The SMILES string of the molecule is CC(=O)NCCC(O)C(O)c1ccc(F)c(CC#N)c1. The summed E-state index contributed by atoms with van der Waals surface area (Å²) in [5.74, 6) is -0.736. The average molecular weight is 280 g/mol. The molecule has 0 aromatic heterocycles. The molecule has 6 heteroatoms. The maximum atomic E-state index is 13.4. The van der Waals surface area contributed by atoms with Gasteiger partial charge in [-0.15, -0.1) is 0 Å². The van der Waals surface area contributed by atoms with Gasteiger partial charge in [0.25, 0.3) is 0 Å². The summed E-state index contributed by atoms with van der Waals surface area (Å²) in [4.78, 5) is 10.7. The Morgan fingerprint density at radius 2 is 2.20 bits per heavy atom. The van der Waals surface area contributed by atoms with Crippen LogP contribution in [0.15, 0.2) is 18.2 Å². The number of amides is 1. The van der Waals surface area contributed by atoms with E-state index in [9.17, 15) is 19.4 Å². The Morgan fingerprint density at radius 3 is 2.80 bits per heavy atom. The highest BCUT2D eigenvalue weighted by molar-refractivity contribution is 5.72. The number of benzene rings is 1. The average Bonchev–Trinajstić information content (AvgIpc) is 2.40. The number of nitriles is 1. The van der Waals surface area contributed by atoms with Crippen LogP contribution in [0.25, 0.3) is 0 Å². The molecule has 0 radical (unpaired) electrons. The molecular formula is C14H17FN2O3. The third-order valence-electron chi connectivity index (χ3n) is 2.86. The molecule has 0 saturated heterocycles. The molecule has 2 atom stereocenters. The predicted octanol–water partition coefficient (Wildman–Crippen LogP) is 0.812. The van der Waals surface area contributed by atoms with Crippen LogP contribution in [-0.4, -0.2) is 28.8 Å². The highest BCUT2D eigenvalue weighted by Gasteiger charge is 2.19. The number of nitrogens with one attached hydrogen (secondary N) is 1. The van der Waals surface area contributed by atoms with E-state index in [1.165, 1.54) is 19.1 Å². The summed E-state index contributed by atoms with van der Waals surface area (Å²) >= 11 is 0. The van der Waals surface area contributed by atoms with Crippen molar-refractivity contribution in [1.82, 2.24) is 5.32 Å². The maximum absolute atomic E-state index is 13.4. The zero-order valence-corrected chi connectivity index (χ0v) is 11.1. The van der Waals surface area contributed by atoms with Gasteiger partial charge in [-0.25, -0.2) is 4.39 Å². The van der Waals surface area contributed by atoms with Gasteiger partial charge in [-0.2, -0.15) is 5.26 Å². The molecule has 108 valence electrons. The summed E-state index contributed by atoms with van der Waals surface area (Å²) in [6, 6.07) is 5.72. The van der Waals surface area contributed by atoms with E-state index in [1.807, 2.05) is 6.07 Å². The highest BCUT2D eigenvalue weighted by atomic mass is 19.1. The van der Waals surface area contributed by atoms with E-state index in [-0.39, 0.29) is 30.9 Å². The lowest BCUT2D eigenvalue weighted by Gasteiger charge is -2.19. The smallest absolute Gasteiger partial charge is 0.216 e. The minimum atomic E-state index is -1.19. The summed E-state index contributed by atoms with van der Waals surface area (Å²) in [6.45, 7) is 1.59. The number of rotatable bonds is 6. The summed E-state index contributed by atoms with van der Waals surface area (Å²) in [5, 5.41) is 30.9. The molecule has 3 N–H and O–H groups in total. The molecule has 0 aliphatic carbocycles. The van der Waals surface area contributed by atoms with Gasteiger partial charge in [-0.1, -0.05) is 6.07 Å². The molecule has 1 rings (SSSR count). The van der Waals surface area contributed by atoms with Crippen LogP contribution in [0.1, 0.15) is 30.6 Å². The van der Waals surface area contributed by atoms with Crippen LogP contribution in [0, 0.1) is 17.1 Å². The number of hydrogen-bond acceptors (Lipinski definition) is 4. The summed E-state index contributed by atoms with van der Waals surface area (Å²) in [5.41, 5.74) is 0.519. The second-order valence-corrected chi connectivity index (χ2v) is 4.47. The second-order valence-electron chi connectivity index (χ2n) is 4.47. The van der Waals surface area contributed by atoms with Crippen LogP contribution in [0.3, 0.4) is 0 Å². The topological polar surface area (TPSA) is 93.3 Å². The monoisotopic (exact) mass is 280 g/mol. The van der Waals surface area contributed by atoms with Crippen molar-refractivity contribution in [2.45, 2.75) is 32.0 Å². The lowest BCUT2D eigenvalue weighted by Crippen LogP contribution is -2.27. The molecule has 0 aliphatic rings. The summed E-state index contributed by atoms with van der Waals surface area (Å²) in [7, 11) is 0. The number of nitrogens with zero attached hydrogens (tertiary/aromatic N) is 1. The lowest BCUT2D eigenvalue weighted by molar-refractivity contribution is -0.119. The fourth-order valence-corrected chi connectivity index (χ4v) is 1.78.